The van der Waals surface area contributed by atoms with E-state index in [1.54, 1.807) is 37.4 Å². The predicted octanol–water partition coefficient (Wildman–Crippen LogP) is 2.87. The van der Waals surface area contributed by atoms with Crippen molar-refractivity contribution in [1.29, 1.82) is 0 Å². The number of aromatic nitrogens is 2. The van der Waals surface area contributed by atoms with Crippen LogP contribution in [-0.2, 0) is 9.59 Å². The molecule has 0 fully saturated rings. The summed E-state index contributed by atoms with van der Waals surface area (Å²) in [4.78, 5) is 32.1. The molecule has 1 aromatic heterocycles. The normalized spacial score (nSPS) is 10.2. The minimum atomic E-state index is -0.187. The highest BCUT2D eigenvalue weighted by Gasteiger charge is 2.10. The second-order valence-electron chi connectivity index (χ2n) is 5.13. The number of benzene rings is 1. The first-order chi connectivity index (χ1) is 12.0. The van der Waals surface area contributed by atoms with Crippen molar-refractivity contribution in [2.45, 2.75) is 25.4 Å². The molecule has 0 aliphatic carbocycles. The van der Waals surface area contributed by atoms with E-state index in [4.69, 9.17) is 4.74 Å². The van der Waals surface area contributed by atoms with E-state index < -0.39 is 0 Å². The molecule has 2 aromatic rings. The summed E-state index contributed by atoms with van der Waals surface area (Å²) in [5.41, 5.74) is 1.94. The van der Waals surface area contributed by atoms with Gasteiger partial charge in [0.1, 0.15) is 5.75 Å². The molecule has 0 aliphatic rings. The highest BCUT2D eigenvalue weighted by atomic mass is 32.2. The van der Waals surface area contributed by atoms with E-state index in [-0.39, 0.29) is 17.6 Å². The minimum Gasteiger partial charge on any atom is -0.495 e. The molecule has 0 atom stereocenters. The van der Waals surface area contributed by atoms with Crippen LogP contribution in [0.15, 0.2) is 35.6 Å². The van der Waals surface area contributed by atoms with E-state index in [2.05, 4.69) is 20.6 Å². The number of carbonyl (C=O) groups excluding carboxylic acids is 2. The number of aryl methyl sites for hydroxylation is 1. The molecule has 0 spiro atoms. The molecular formula is C17H20N4O3S. The third-order valence-corrected chi connectivity index (χ3v) is 4.04. The molecular weight excluding hydrogens is 340 g/mol. The maximum absolute atomic E-state index is 12.1. The summed E-state index contributed by atoms with van der Waals surface area (Å²) in [6.45, 7) is 3.63. The Hall–Kier alpha value is -2.61. The lowest BCUT2D eigenvalue weighted by Gasteiger charge is -2.12. The number of amides is 2. The Morgan fingerprint density at radius 3 is 2.68 bits per heavy atom. The molecule has 0 saturated heterocycles. The number of anilines is 2. The number of methoxy groups -OCH3 is 1. The molecule has 1 heterocycles. The number of hydrogen-bond acceptors (Lipinski definition) is 6. The van der Waals surface area contributed by atoms with Crippen molar-refractivity contribution in [3.05, 3.63) is 36.2 Å². The highest BCUT2D eigenvalue weighted by molar-refractivity contribution is 7.99. The quantitative estimate of drug-likeness (QED) is 0.582. The number of nitrogens with one attached hydrogen (secondary N) is 2. The van der Waals surface area contributed by atoms with Gasteiger partial charge in [-0.3, -0.25) is 9.59 Å². The van der Waals surface area contributed by atoms with E-state index in [0.717, 1.165) is 5.69 Å². The lowest BCUT2D eigenvalue weighted by molar-refractivity contribution is -0.116. The average Bonchev–Trinajstić information content (AvgIpc) is 2.60. The van der Waals surface area contributed by atoms with E-state index in [0.29, 0.717) is 28.7 Å². The molecule has 7 nitrogen and oxygen atoms in total. The van der Waals surface area contributed by atoms with Crippen molar-refractivity contribution in [1.82, 2.24) is 9.97 Å². The fourth-order valence-electron chi connectivity index (χ4n) is 1.94. The van der Waals surface area contributed by atoms with Gasteiger partial charge in [-0.2, -0.15) is 0 Å². The Morgan fingerprint density at radius 1 is 1.20 bits per heavy atom. The van der Waals surface area contributed by atoms with Gasteiger partial charge in [0.05, 0.1) is 18.6 Å². The van der Waals surface area contributed by atoms with Crippen LogP contribution in [0.5, 0.6) is 5.75 Å². The van der Waals surface area contributed by atoms with Gasteiger partial charge in [-0.1, -0.05) is 18.7 Å². The van der Waals surface area contributed by atoms with Gasteiger partial charge < -0.3 is 15.4 Å². The van der Waals surface area contributed by atoms with Crippen molar-refractivity contribution in [3.8, 4) is 5.75 Å². The van der Waals surface area contributed by atoms with Crippen LogP contribution >= 0.6 is 11.8 Å². The van der Waals surface area contributed by atoms with Gasteiger partial charge in [-0.25, -0.2) is 9.97 Å². The minimum absolute atomic E-state index is 0.131. The Bertz CT molecular complexity index is 767. The summed E-state index contributed by atoms with van der Waals surface area (Å²) < 4.78 is 5.22. The van der Waals surface area contributed by atoms with E-state index in [1.165, 1.54) is 18.9 Å². The van der Waals surface area contributed by atoms with Gasteiger partial charge in [-0.15, -0.1) is 0 Å². The van der Waals surface area contributed by atoms with Gasteiger partial charge in [0.2, 0.25) is 11.8 Å². The monoisotopic (exact) mass is 360 g/mol. The zero-order valence-electron chi connectivity index (χ0n) is 14.3. The summed E-state index contributed by atoms with van der Waals surface area (Å²) in [5, 5.41) is 6.09. The number of rotatable bonds is 7. The van der Waals surface area contributed by atoms with E-state index >= 15 is 0 Å². The molecule has 2 rings (SSSR count). The van der Waals surface area contributed by atoms with Crippen molar-refractivity contribution in [2.24, 2.45) is 0 Å². The van der Waals surface area contributed by atoms with Crippen LogP contribution in [0.2, 0.25) is 0 Å². The molecule has 25 heavy (non-hydrogen) atoms. The molecule has 2 N–H and O–H groups in total. The first kappa shape index (κ1) is 18.7. The van der Waals surface area contributed by atoms with Gasteiger partial charge >= 0.3 is 0 Å². The number of carbonyl (C=O) groups is 2. The summed E-state index contributed by atoms with van der Waals surface area (Å²) in [5.74, 6) is 0.399. The number of thioether (sulfide) groups is 1. The van der Waals surface area contributed by atoms with Crippen LogP contribution in [-0.4, -0.2) is 34.6 Å². The summed E-state index contributed by atoms with van der Waals surface area (Å²) in [7, 11) is 1.52. The molecule has 0 radical (unpaired) electrons. The van der Waals surface area contributed by atoms with Gasteiger partial charge in [0, 0.05) is 24.0 Å². The zero-order valence-corrected chi connectivity index (χ0v) is 15.1. The number of hydrogen-bond donors (Lipinski definition) is 2. The Balaban J connectivity index is 2.00. The largest absolute Gasteiger partial charge is 0.495 e. The number of nitrogens with zero attached hydrogens (tertiary/aromatic N) is 2. The molecule has 8 heteroatoms. The topological polar surface area (TPSA) is 93.2 Å². The average molecular weight is 360 g/mol. The first-order valence-electron chi connectivity index (χ1n) is 7.72. The summed E-state index contributed by atoms with van der Waals surface area (Å²) >= 11 is 1.26. The van der Waals surface area contributed by atoms with Crippen LogP contribution in [0.25, 0.3) is 0 Å². The van der Waals surface area contributed by atoms with E-state index in [1.807, 2.05) is 6.92 Å². The Labute approximate surface area is 150 Å². The third-order valence-electron chi connectivity index (χ3n) is 3.18. The van der Waals surface area contributed by atoms with Crippen molar-refractivity contribution < 1.29 is 14.3 Å². The van der Waals surface area contributed by atoms with Gasteiger partial charge in [0.15, 0.2) is 5.16 Å². The molecule has 132 valence electrons. The maximum Gasteiger partial charge on any atom is 0.234 e. The van der Waals surface area contributed by atoms with Crippen LogP contribution in [0, 0.1) is 6.92 Å². The third kappa shape index (κ3) is 5.75. The Kier molecular flexibility index (Phi) is 6.76. The lowest BCUT2D eigenvalue weighted by atomic mass is 10.2. The first-order valence-corrected chi connectivity index (χ1v) is 8.70. The molecule has 0 unspecified atom stereocenters. The van der Waals surface area contributed by atoms with Crippen LogP contribution in [0.4, 0.5) is 11.4 Å². The van der Waals surface area contributed by atoms with Gasteiger partial charge in [0.25, 0.3) is 0 Å². The fraction of sp³-hybridized carbons (Fsp3) is 0.294. The number of ether oxygens (including phenoxy) is 1. The standard InChI is InChI=1S/C17H20N4O3S/c1-4-15(22)21-13-9-12(5-6-14(13)24-3)20-16(23)10-25-17-18-8-7-11(2)19-17/h5-9H,4,10H2,1-3H3,(H,20,23)(H,21,22). The van der Waals surface area contributed by atoms with Gasteiger partial charge in [-0.05, 0) is 31.2 Å². The smallest absolute Gasteiger partial charge is 0.234 e. The van der Waals surface area contributed by atoms with Crippen molar-refractivity contribution in [3.63, 3.8) is 0 Å². The van der Waals surface area contributed by atoms with Crippen LogP contribution in [0.3, 0.4) is 0 Å². The fourth-order valence-corrected chi connectivity index (χ4v) is 2.62. The maximum atomic E-state index is 12.1. The SMILES string of the molecule is CCC(=O)Nc1cc(NC(=O)CSc2nccc(C)n2)ccc1OC. The second kappa shape index (κ2) is 9.03. The van der Waals surface area contributed by atoms with Crippen LogP contribution < -0.4 is 15.4 Å². The molecule has 0 saturated carbocycles. The molecule has 1 aromatic carbocycles. The van der Waals surface area contributed by atoms with E-state index in [9.17, 15) is 9.59 Å². The summed E-state index contributed by atoms with van der Waals surface area (Å²) in [6.07, 6.45) is 2.02. The molecule has 0 aliphatic heterocycles. The summed E-state index contributed by atoms with van der Waals surface area (Å²) in [6, 6.07) is 6.87. The highest BCUT2D eigenvalue weighted by Crippen LogP contribution is 2.28. The van der Waals surface area contributed by atoms with Crippen molar-refractivity contribution in [2.75, 3.05) is 23.5 Å². The van der Waals surface area contributed by atoms with Crippen molar-refractivity contribution >= 4 is 35.0 Å². The zero-order chi connectivity index (χ0) is 18.2. The molecule has 2 amide bonds. The second-order valence-corrected chi connectivity index (χ2v) is 6.08. The lowest BCUT2D eigenvalue weighted by Crippen LogP contribution is -2.15. The Morgan fingerprint density at radius 2 is 2.00 bits per heavy atom. The molecule has 0 bridgehead atoms. The van der Waals surface area contributed by atoms with Crippen LogP contribution in [0.1, 0.15) is 19.0 Å². The predicted molar refractivity (Wildman–Crippen MR) is 98.0 cm³/mol.